The van der Waals surface area contributed by atoms with Gasteiger partial charge in [-0.1, -0.05) is 12.6 Å². The topological polar surface area (TPSA) is 66.2 Å². The standard InChI is InChI=1S/C24H27F2N3O3/c1-5-32-23(30)22-20-14-29(13-19(20)6-8-27-22)12-18-10-17(4)21(28-11-18)7-9-31-15-24(25,26)16(2)3/h6,8,10-11,13-14H,2,5,7,9,12,15H2,1,3-4H3. The molecular formula is C24H27F2N3O3. The lowest BCUT2D eigenvalue weighted by atomic mass is 10.1. The number of nitrogens with zero attached hydrogens (tertiary/aromatic N) is 3. The fraction of sp³-hybridized carbons (Fsp3) is 0.375. The van der Waals surface area contributed by atoms with Crippen molar-refractivity contribution in [3.8, 4) is 0 Å². The van der Waals surface area contributed by atoms with Gasteiger partial charge < -0.3 is 14.0 Å². The number of carbonyl (C=O) groups is 1. The highest BCUT2D eigenvalue weighted by Gasteiger charge is 2.30. The molecule has 0 amide bonds. The fourth-order valence-electron chi connectivity index (χ4n) is 3.28. The summed E-state index contributed by atoms with van der Waals surface area (Å²) in [6.45, 7) is 8.59. The molecule has 0 aromatic carbocycles. The first-order valence-electron chi connectivity index (χ1n) is 10.4. The Hall–Kier alpha value is -3.13. The second-order valence-corrected chi connectivity index (χ2v) is 7.71. The first kappa shape index (κ1) is 23.5. The zero-order valence-electron chi connectivity index (χ0n) is 18.5. The molecule has 0 aliphatic rings. The average molecular weight is 443 g/mol. The first-order chi connectivity index (χ1) is 15.2. The molecule has 3 aromatic heterocycles. The van der Waals surface area contributed by atoms with Crippen molar-refractivity contribution in [2.75, 3.05) is 19.8 Å². The number of hydrogen-bond acceptors (Lipinski definition) is 5. The van der Waals surface area contributed by atoms with E-state index in [1.807, 2.05) is 36.0 Å². The van der Waals surface area contributed by atoms with Crippen molar-refractivity contribution in [1.29, 1.82) is 0 Å². The molecule has 0 spiro atoms. The van der Waals surface area contributed by atoms with E-state index in [4.69, 9.17) is 9.47 Å². The number of ether oxygens (including phenoxy) is 2. The lowest BCUT2D eigenvalue weighted by Crippen LogP contribution is -2.25. The number of halogens is 2. The van der Waals surface area contributed by atoms with Crippen molar-refractivity contribution < 1.29 is 23.0 Å². The van der Waals surface area contributed by atoms with E-state index in [1.165, 1.54) is 6.92 Å². The molecule has 3 heterocycles. The molecule has 32 heavy (non-hydrogen) atoms. The molecule has 3 rings (SSSR count). The molecule has 0 saturated heterocycles. The molecule has 0 aliphatic heterocycles. The van der Waals surface area contributed by atoms with Gasteiger partial charge in [-0.05, 0) is 43.5 Å². The van der Waals surface area contributed by atoms with Crippen molar-refractivity contribution in [2.24, 2.45) is 0 Å². The number of aromatic nitrogens is 3. The number of aryl methyl sites for hydroxylation is 1. The van der Waals surface area contributed by atoms with Crippen LogP contribution in [0, 0.1) is 6.92 Å². The van der Waals surface area contributed by atoms with Crippen LogP contribution in [0.1, 0.15) is 41.2 Å². The molecule has 170 valence electrons. The molecule has 6 nitrogen and oxygen atoms in total. The van der Waals surface area contributed by atoms with Gasteiger partial charge in [0.1, 0.15) is 6.61 Å². The minimum absolute atomic E-state index is 0.155. The van der Waals surface area contributed by atoms with E-state index < -0.39 is 18.5 Å². The van der Waals surface area contributed by atoms with Crippen molar-refractivity contribution in [1.82, 2.24) is 14.5 Å². The van der Waals surface area contributed by atoms with Crippen LogP contribution in [-0.4, -0.2) is 46.2 Å². The van der Waals surface area contributed by atoms with E-state index in [0.717, 1.165) is 27.6 Å². The van der Waals surface area contributed by atoms with Gasteiger partial charge in [-0.2, -0.15) is 8.78 Å². The molecule has 0 radical (unpaired) electrons. The second kappa shape index (κ2) is 9.99. The summed E-state index contributed by atoms with van der Waals surface area (Å²) in [5, 5.41) is 1.63. The van der Waals surface area contributed by atoms with Gasteiger partial charge in [0.15, 0.2) is 5.69 Å². The second-order valence-electron chi connectivity index (χ2n) is 7.71. The van der Waals surface area contributed by atoms with E-state index in [2.05, 4.69) is 16.5 Å². The SMILES string of the molecule is C=C(C)C(F)(F)COCCc1ncc(Cn2cc3ccnc(C(=O)OCC)c3c2)cc1C. The predicted octanol–water partition coefficient (Wildman–Crippen LogP) is 4.74. The molecule has 8 heteroatoms. The van der Waals surface area contributed by atoms with Crippen LogP contribution in [0.25, 0.3) is 10.8 Å². The molecule has 3 aromatic rings. The third-order valence-electron chi connectivity index (χ3n) is 5.09. The highest BCUT2D eigenvalue weighted by Crippen LogP contribution is 2.23. The molecular weight excluding hydrogens is 416 g/mol. The number of esters is 1. The summed E-state index contributed by atoms with van der Waals surface area (Å²) in [5.41, 5.74) is 2.83. The zero-order chi connectivity index (χ0) is 23.3. The largest absolute Gasteiger partial charge is 0.461 e. The van der Waals surface area contributed by atoms with Crippen LogP contribution in [0.5, 0.6) is 0 Å². The monoisotopic (exact) mass is 443 g/mol. The van der Waals surface area contributed by atoms with Crippen LogP contribution in [-0.2, 0) is 22.4 Å². The lowest BCUT2D eigenvalue weighted by molar-refractivity contribution is -0.0476. The van der Waals surface area contributed by atoms with Gasteiger partial charge in [0.05, 0.1) is 13.2 Å². The summed E-state index contributed by atoms with van der Waals surface area (Å²) in [6, 6.07) is 3.86. The van der Waals surface area contributed by atoms with E-state index in [-0.39, 0.29) is 18.8 Å². The number of alkyl halides is 2. The van der Waals surface area contributed by atoms with Gasteiger partial charge in [-0.25, -0.2) is 9.78 Å². The Morgan fingerprint density at radius 2 is 2.06 bits per heavy atom. The van der Waals surface area contributed by atoms with Gasteiger partial charge in [-0.15, -0.1) is 0 Å². The van der Waals surface area contributed by atoms with E-state index in [9.17, 15) is 13.6 Å². The number of carbonyl (C=O) groups excluding carboxylic acids is 1. The minimum atomic E-state index is -3.02. The van der Waals surface area contributed by atoms with Crippen LogP contribution >= 0.6 is 0 Å². The van der Waals surface area contributed by atoms with Gasteiger partial charge in [0.2, 0.25) is 0 Å². The van der Waals surface area contributed by atoms with Crippen LogP contribution in [0.2, 0.25) is 0 Å². The smallest absolute Gasteiger partial charge is 0.357 e. The summed E-state index contributed by atoms with van der Waals surface area (Å²) in [7, 11) is 0. The Bertz CT molecular complexity index is 1120. The normalized spacial score (nSPS) is 11.7. The maximum absolute atomic E-state index is 13.5. The van der Waals surface area contributed by atoms with Crippen LogP contribution in [0.4, 0.5) is 8.78 Å². The van der Waals surface area contributed by atoms with Crippen LogP contribution < -0.4 is 0 Å². The van der Waals surface area contributed by atoms with Crippen molar-refractivity contribution >= 4 is 16.7 Å². The van der Waals surface area contributed by atoms with E-state index >= 15 is 0 Å². The van der Waals surface area contributed by atoms with Gasteiger partial charge in [-0.3, -0.25) is 4.98 Å². The summed E-state index contributed by atoms with van der Waals surface area (Å²) in [4.78, 5) is 20.8. The predicted molar refractivity (Wildman–Crippen MR) is 118 cm³/mol. The molecule has 0 atom stereocenters. The molecule has 0 fully saturated rings. The summed E-state index contributed by atoms with van der Waals surface area (Å²) >= 11 is 0. The third kappa shape index (κ3) is 5.56. The van der Waals surface area contributed by atoms with Crippen molar-refractivity contribution in [2.45, 2.75) is 39.7 Å². The van der Waals surface area contributed by atoms with Crippen LogP contribution in [0.15, 0.2) is 49.1 Å². The summed E-state index contributed by atoms with van der Waals surface area (Å²) in [5.74, 6) is -3.46. The molecule has 0 unspecified atom stereocenters. The minimum Gasteiger partial charge on any atom is -0.461 e. The molecule has 0 N–H and O–H groups in total. The average Bonchev–Trinajstić information content (AvgIpc) is 3.14. The highest BCUT2D eigenvalue weighted by molar-refractivity contribution is 6.02. The quantitative estimate of drug-likeness (QED) is 0.257. The van der Waals surface area contributed by atoms with E-state index in [1.54, 1.807) is 19.3 Å². The Balaban J connectivity index is 1.65. The Morgan fingerprint density at radius 3 is 2.75 bits per heavy atom. The first-order valence-corrected chi connectivity index (χ1v) is 10.4. The van der Waals surface area contributed by atoms with Crippen molar-refractivity contribution in [3.63, 3.8) is 0 Å². The Labute approximate surface area is 185 Å². The van der Waals surface area contributed by atoms with Crippen molar-refractivity contribution in [3.05, 3.63) is 71.6 Å². The van der Waals surface area contributed by atoms with Gasteiger partial charge in [0, 0.05) is 54.2 Å². The third-order valence-corrected chi connectivity index (χ3v) is 5.09. The summed E-state index contributed by atoms with van der Waals surface area (Å²) < 4.78 is 39.2. The lowest BCUT2D eigenvalue weighted by Gasteiger charge is -2.16. The molecule has 0 saturated carbocycles. The molecule has 0 bridgehead atoms. The Morgan fingerprint density at radius 1 is 1.28 bits per heavy atom. The van der Waals surface area contributed by atoms with Gasteiger partial charge >= 0.3 is 5.97 Å². The number of hydrogen-bond donors (Lipinski definition) is 0. The van der Waals surface area contributed by atoms with E-state index in [0.29, 0.717) is 18.7 Å². The Kier molecular flexibility index (Phi) is 7.35. The number of fused-ring (bicyclic) bond motifs is 1. The summed E-state index contributed by atoms with van der Waals surface area (Å²) in [6.07, 6.45) is 7.61. The van der Waals surface area contributed by atoms with Gasteiger partial charge in [0.25, 0.3) is 5.92 Å². The highest BCUT2D eigenvalue weighted by atomic mass is 19.3. The number of pyridine rings is 2. The zero-order valence-corrected chi connectivity index (χ0v) is 18.5. The molecule has 0 aliphatic carbocycles. The van der Waals surface area contributed by atoms with Crippen LogP contribution in [0.3, 0.4) is 0 Å². The maximum atomic E-state index is 13.5. The number of rotatable bonds is 10. The maximum Gasteiger partial charge on any atom is 0.357 e. The fourth-order valence-corrected chi connectivity index (χ4v) is 3.28.